The van der Waals surface area contributed by atoms with Crippen molar-refractivity contribution >= 4 is 5.91 Å². The van der Waals surface area contributed by atoms with Gasteiger partial charge in [-0.05, 0) is 12.5 Å². The zero-order valence-electron chi connectivity index (χ0n) is 14.5. The van der Waals surface area contributed by atoms with Gasteiger partial charge in [-0.3, -0.25) is 4.79 Å². The maximum atomic E-state index is 12.4. The van der Waals surface area contributed by atoms with Crippen molar-refractivity contribution in [1.29, 1.82) is 5.26 Å². The van der Waals surface area contributed by atoms with Gasteiger partial charge < -0.3 is 19.7 Å². The molecule has 0 radical (unpaired) electrons. The van der Waals surface area contributed by atoms with Gasteiger partial charge in [0.1, 0.15) is 11.6 Å². The molecule has 24 heavy (non-hydrogen) atoms. The first-order valence-electron chi connectivity index (χ1n) is 7.82. The van der Waals surface area contributed by atoms with Crippen LogP contribution in [0.15, 0.2) is 42.1 Å². The normalized spacial score (nSPS) is 12.3. The highest BCUT2D eigenvalue weighted by molar-refractivity contribution is 5.97. The van der Waals surface area contributed by atoms with Crippen molar-refractivity contribution in [3.05, 3.63) is 47.7 Å². The molecule has 0 aliphatic carbocycles. The van der Waals surface area contributed by atoms with Gasteiger partial charge in [-0.1, -0.05) is 30.3 Å². The van der Waals surface area contributed by atoms with Crippen molar-refractivity contribution < 1.29 is 14.3 Å². The van der Waals surface area contributed by atoms with Crippen LogP contribution in [0.5, 0.6) is 0 Å². The largest absolute Gasteiger partial charge is 0.383 e. The third-order valence-electron chi connectivity index (χ3n) is 3.49. The molecule has 0 aromatic heterocycles. The summed E-state index contributed by atoms with van der Waals surface area (Å²) in [5, 5.41) is 12.2. The van der Waals surface area contributed by atoms with E-state index in [0.29, 0.717) is 26.3 Å². The van der Waals surface area contributed by atoms with Gasteiger partial charge in [0.2, 0.25) is 0 Å². The number of nitriles is 1. The first kappa shape index (κ1) is 19.7. The second-order valence-corrected chi connectivity index (χ2v) is 5.28. The Morgan fingerprint density at radius 2 is 1.83 bits per heavy atom. The van der Waals surface area contributed by atoms with Gasteiger partial charge in [0.15, 0.2) is 0 Å². The summed E-state index contributed by atoms with van der Waals surface area (Å²) in [6.45, 7) is 4.04. The van der Waals surface area contributed by atoms with E-state index >= 15 is 0 Å². The predicted molar refractivity (Wildman–Crippen MR) is 92.0 cm³/mol. The van der Waals surface area contributed by atoms with E-state index in [9.17, 15) is 10.1 Å². The molecule has 0 bridgehead atoms. The van der Waals surface area contributed by atoms with Crippen LogP contribution < -0.4 is 5.32 Å². The number of hydrogen-bond acceptors (Lipinski definition) is 5. The summed E-state index contributed by atoms with van der Waals surface area (Å²) in [5.74, 6) is -0.395. The zero-order valence-corrected chi connectivity index (χ0v) is 14.5. The van der Waals surface area contributed by atoms with Crippen LogP contribution >= 0.6 is 0 Å². The Labute approximate surface area is 143 Å². The number of methoxy groups -OCH3 is 2. The second kappa shape index (κ2) is 11.2. The zero-order chi connectivity index (χ0) is 17.8. The molecule has 0 fully saturated rings. The monoisotopic (exact) mass is 331 g/mol. The summed E-state index contributed by atoms with van der Waals surface area (Å²) < 4.78 is 10.1. The molecule has 1 aromatic rings. The van der Waals surface area contributed by atoms with Crippen molar-refractivity contribution in [2.75, 3.05) is 40.5 Å². The van der Waals surface area contributed by atoms with Gasteiger partial charge >= 0.3 is 0 Å². The van der Waals surface area contributed by atoms with E-state index in [2.05, 4.69) is 5.32 Å². The third kappa shape index (κ3) is 6.82. The standard InChI is InChI=1S/C18H25N3O3/c1-15(16-7-5-4-6-8-16)20-18(22)17(13-19)14-21(9-11-23-2)10-12-24-3/h4-8,14-15H,9-12H2,1-3H3,(H,20,22)/b17-14-. The highest BCUT2D eigenvalue weighted by Crippen LogP contribution is 2.12. The highest BCUT2D eigenvalue weighted by Gasteiger charge is 2.15. The summed E-state index contributed by atoms with van der Waals surface area (Å²) in [6, 6.07) is 11.4. The summed E-state index contributed by atoms with van der Waals surface area (Å²) in [5.41, 5.74) is 1.05. The fourth-order valence-electron chi connectivity index (χ4n) is 2.08. The minimum Gasteiger partial charge on any atom is -0.383 e. The van der Waals surface area contributed by atoms with E-state index in [4.69, 9.17) is 9.47 Å². The molecule has 6 nitrogen and oxygen atoms in total. The maximum Gasteiger partial charge on any atom is 0.263 e. The third-order valence-corrected chi connectivity index (χ3v) is 3.49. The van der Waals surface area contributed by atoms with E-state index in [-0.39, 0.29) is 11.6 Å². The molecule has 1 N–H and O–H groups in total. The van der Waals surface area contributed by atoms with E-state index < -0.39 is 5.91 Å². The van der Waals surface area contributed by atoms with Crippen LogP contribution in [-0.4, -0.2) is 51.3 Å². The van der Waals surface area contributed by atoms with Crippen LogP contribution in [0, 0.1) is 11.3 Å². The lowest BCUT2D eigenvalue weighted by Crippen LogP contribution is -2.31. The average molecular weight is 331 g/mol. The molecule has 0 spiro atoms. The molecule has 1 aromatic carbocycles. The van der Waals surface area contributed by atoms with Crippen LogP contribution in [0.4, 0.5) is 0 Å². The Hall–Kier alpha value is -2.36. The molecule has 0 aliphatic rings. The van der Waals surface area contributed by atoms with Gasteiger partial charge in [-0.2, -0.15) is 5.26 Å². The minimum atomic E-state index is -0.395. The van der Waals surface area contributed by atoms with Gasteiger partial charge in [0.25, 0.3) is 5.91 Å². The Balaban J connectivity index is 2.77. The molecule has 1 atom stereocenters. The average Bonchev–Trinajstić information content (AvgIpc) is 2.61. The van der Waals surface area contributed by atoms with Crippen molar-refractivity contribution in [3.8, 4) is 6.07 Å². The van der Waals surface area contributed by atoms with E-state index in [0.717, 1.165) is 5.56 Å². The number of rotatable bonds is 10. The summed E-state index contributed by atoms with van der Waals surface area (Å²) in [4.78, 5) is 14.2. The number of carbonyl (C=O) groups excluding carboxylic acids is 1. The van der Waals surface area contributed by atoms with Gasteiger partial charge in [-0.25, -0.2) is 0 Å². The van der Waals surface area contributed by atoms with E-state index in [1.165, 1.54) is 0 Å². The molecule has 0 heterocycles. The number of nitrogens with one attached hydrogen (secondary N) is 1. The molecule has 1 rings (SSSR count). The lowest BCUT2D eigenvalue weighted by Gasteiger charge is -2.20. The van der Waals surface area contributed by atoms with Crippen molar-refractivity contribution in [2.45, 2.75) is 13.0 Å². The lowest BCUT2D eigenvalue weighted by molar-refractivity contribution is -0.117. The van der Waals surface area contributed by atoms with E-state index in [1.807, 2.05) is 48.2 Å². The summed E-state index contributed by atoms with van der Waals surface area (Å²) in [7, 11) is 3.22. The number of amides is 1. The van der Waals surface area contributed by atoms with Crippen LogP contribution in [-0.2, 0) is 14.3 Å². The van der Waals surface area contributed by atoms with Crippen LogP contribution in [0.25, 0.3) is 0 Å². The smallest absolute Gasteiger partial charge is 0.263 e. The number of benzene rings is 1. The molecule has 1 unspecified atom stereocenters. The fraction of sp³-hybridized carbons (Fsp3) is 0.444. The number of ether oxygens (including phenoxy) is 2. The Morgan fingerprint density at radius 1 is 1.25 bits per heavy atom. The molecule has 1 amide bonds. The van der Waals surface area contributed by atoms with Crippen LogP contribution in [0.3, 0.4) is 0 Å². The Bertz CT molecular complexity index is 559. The van der Waals surface area contributed by atoms with Crippen LogP contribution in [0.1, 0.15) is 18.5 Å². The first-order valence-corrected chi connectivity index (χ1v) is 7.82. The molecular formula is C18H25N3O3. The van der Waals surface area contributed by atoms with Gasteiger partial charge in [-0.15, -0.1) is 0 Å². The Morgan fingerprint density at radius 3 is 2.33 bits per heavy atom. The van der Waals surface area contributed by atoms with Crippen LogP contribution in [0.2, 0.25) is 0 Å². The fourth-order valence-corrected chi connectivity index (χ4v) is 2.08. The van der Waals surface area contributed by atoms with Crippen molar-refractivity contribution in [1.82, 2.24) is 10.2 Å². The molecule has 0 saturated heterocycles. The first-order chi connectivity index (χ1) is 11.6. The number of hydrogen-bond donors (Lipinski definition) is 1. The highest BCUT2D eigenvalue weighted by atomic mass is 16.5. The number of nitrogens with zero attached hydrogens (tertiary/aromatic N) is 2. The maximum absolute atomic E-state index is 12.4. The summed E-state index contributed by atoms with van der Waals surface area (Å²) >= 11 is 0. The Kier molecular flexibility index (Phi) is 9.20. The number of carbonyl (C=O) groups is 1. The molecule has 6 heteroatoms. The van der Waals surface area contributed by atoms with E-state index in [1.54, 1.807) is 20.4 Å². The topological polar surface area (TPSA) is 74.6 Å². The van der Waals surface area contributed by atoms with Gasteiger partial charge in [0, 0.05) is 33.5 Å². The van der Waals surface area contributed by atoms with Gasteiger partial charge in [0.05, 0.1) is 19.3 Å². The van der Waals surface area contributed by atoms with Crippen molar-refractivity contribution in [3.63, 3.8) is 0 Å². The molecule has 130 valence electrons. The quantitative estimate of drug-likeness (QED) is 0.523. The molecular weight excluding hydrogens is 306 g/mol. The second-order valence-electron chi connectivity index (χ2n) is 5.28. The minimum absolute atomic E-state index is 0.0602. The summed E-state index contributed by atoms with van der Waals surface area (Å²) in [6.07, 6.45) is 1.56. The predicted octanol–water partition coefficient (Wildman–Crippen LogP) is 1.87. The SMILES string of the molecule is COCCN(/C=C(/C#N)C(=O)NC(C)c1ccccc1)CCOC. The van der Waals surface area contributed by atoms with Crippen molar-refractivity contribution in [2.24, 2.45) is 0 Å². The molecule has 0 saturated carbocycles. The molecule has 0 aliphatic heterocycles. The lowest BCUT2D eigenvalue weighted by atomic mass is 10.1.